The molecule has 0 unspecified atom stereocenters. The molecule has 1 aliphatic heterocycles. The van der Waals surface area contributed by atoms with Gasteiger partial charge in [-0.25, -0.2) is 9.97 Å². The van der Waals surface area contributed by atoms with Crippen LogP contribution in [-0.4, -0.2) is 17.0 Å². The van der Waals surface area contributed by atoms with Crippen molar-refractivity contribution in [3.8, 4) is 0 Å². The van der Waals surface area contributed by atoms with Crippen LogP contribution in [0, 0.1) is 0 Å². The molecule has 0 radical (unpaired) electrons. The lowest BCUT2D eigenvalue weighted by Crippen LogP contribution is -2.32. The summed E-state index contributed by atoms with van der Waals surface area (Å²) >= 11 is 3.51. The van der Waals surface area contributed by atoms with Gasteiger partial charge in [0.15, 0.2) is 5.82 Å². The molecule has 0 atom stereocenters. The van der Waals surface area contributed by atoms with Gasteiger partial charge < -0.3 is 4.90 Å². The Hall–Kier alpha value is -1.94. The second-order valence-corrected chi connectivity index (χ2v) is 7.15. The minimum atomic E-state index is -0.160. The fourth-order valence-electron chi connectivity index (χ4n) is 3.21. The number of halogens is 1. The van der Waals surface area contributed by atoms with E-state index in [2.05, 4.69) is 66.0 Å². The number of rotatable bonds is 0. The summed E-state index contributed by atoms with van der Waals surface area (Å²) < 4.78 is 1.02. The zero-order valence-corrected chi connectivity index (χ0v) is 14.3. The summed E-state index contributed by atoms with van der Waals surface area (Å²) in [7, 11) is 2.06. The molecule has 110 valence electrons. The average molecular weight is 354 g/mol. The summed E-state index contributed by atoms with van der Waals surface area (Å²) in [6, 6.07) is 14.5. The third kappa shape index (κ3) is 1.80. The SMILES string of the molecule is CN1c2ccccc2C(C)(C)c2nc3ccc(Br)cc3nc21. The van der Waals surface area contributed by atoms with Gasteiger partial charge in [-0.15, -0.1) is 0 Å². The van der Waals surface area contributed by atoms with Crippen molar-refractivity contribution < 1.29 is 0 Å². The van der Waals surface area contributed by atoms with Crippen molar-refractivity contribution in [2.24, 2.45) is 0 Å². The first-order chi connectivity index (χ1) is 10.5. The van der Waals surface area contributed by atoms with Crippen molar-refractivity contribution in [3.63, 3.8) is 0 Å². The number of hydrogen-bond acceptors (Lipinski definition) is 3. The maximum Gasteiger partial charge on any atom is 0.156 e. The highest BCUT2D eigenvalue weighted by Crippen LogP contribution is 2.46. The molecule has 22 heavy (non-hydrogen) atoms. The molecule has 0 bridgehead atoms. The standard InChI is InChI=1S/C18H16BrN3/c1-18(2)12-6-4-5-7-15(12)22(3)17-16(18)20-13-9-8-11(19)10-14(13)21-17/h4-10H,1-3H3. The van der Waals surface area contributed by atoms with Crippen LogP contribution >= 0.6 is 15.9 Å². The minimum absolute atomic E-state index is 0.160. The average Bonchev–Trinajstić information content (AvgIpc) is 2.51. The van der Waals surface area contributed by atoms with E-state index in [1.54, 1.807) is 0 Å². The quantitative estimate of drug-likeness (QED) is 0.581. The van der Waals surface area contributed by atoms with Gasteiger partial charge in [0.25, 0.3) is 0 Å². The van der Waals surface area contributed by atoms with Gasteiger partial charge in [-0.1, -0.05) is 34.1 Å². The third-order valence-electron chi connectivity index (χ3n) is 4.46. The number of anilines is 2. The van der Waals surface area contributed by atoms with Gasteiger partial charge >= 0.3 is 0 Å². The summed E-state index contributed by atoms with van der Waals surface area (Å²) in [6.07, 6.45) is 0. The van der Waals surface area contributed by atoms with Gasteiger partial charge in [0.05, 0.1) is 16.7 Å². The van der Waals surface area contributed by atoms with Crippen LogP contribution in [0.5, 0.6) is 0 Å². The molecule has 3 aromatic rings. The van der Waals surface area contributed by atoms with E-state index in [9.17, 15) is 0 Å². The van der Waals surface area contributed by atoms with Crippen LogP contribution in [0.15, 0.2) is 46.9 Å². The molecule has 4 rings (SSSR count). The fourth-order valence-corrected chi connectivity index (χ4v) is 3.56. The Morgan fingerprint density at radius 2 is 1.77 bits per heavy atom. The minimum Gasteiger partial charge on any atom is -0.328 e. The molecule has 0 amide bonds. The first-order valence-electron chi connectivity index (χ1n) is 7.29. The number of benzene rings is 2. The Kier molecular flexibility index (Phi) is 2.82. The number of hydrogen-bond donors (Lipinski definition) is 0. The summed E-state index contributed by atoms with van der Waals surface area (Å²) in [5, 5.41) is 0. The topological polar surface area (TPSA) is 29.0 Å². The smallest absolute Gasteiger partial charge is 0.156 e. The van der Waals surface area contributed by atoms with Crippen molar-refractivity contribution in [1.82, 2.24) is 9.97 Å². The van der Waals surface area contributed by atoms with Crippen LogP contribution in [0.3, 0.4) is 0 Å². The monoisotopic (exact) mass is 353 g/mol. The van der Waals surface area contributed by atoms with E-state index in [1.807, 2.05) is 18.2 Å². The lowest BCUT2D eigenvalue weighted by molar-refractivity contribution is 0.604. The molecule has 2 aromatic carbocycles. The highest BCUT2D eigenvalue weighted by Gasteiger charge is 2.37. The number of nitrogens with zero attached hydrogens (tertiary/aromatic N) is 3. The lowest BCUT2D eigenvalue weighted by Gasteiger charge is -2.38. The van der Waals surface area contributed by atoms with Crippen molar-refractivity contribution in [3.05, 3.63) is 58.2 Å². The lowest BCUT2D eigenvalue weighted by atomic mass is 9.77. The first kappa shape index (κ1) is 13.7. The van der Waals surface area contributed by atoms with Crippen LogP contribution in [0.1, 0.15) is 25.1 Å². The molecule has 0 aliphatic carbocycles. The summed E-state index contributed by atoms with van der Waals surface area (Å²) in [6.45, 7) is 4.44. The van der Waals surface area contributed by atoms with E-state index in [-0.39, 0.29) is 5.41 Å². The normalized spacial score (nSPS) is 15.5. The second-order valence-electron chi connectivity index (χ2n) is 6.23. The maximum atomic E-state index is 4.93. The van der Waals surface area contributed by atoms with E-state index in [0.717, 1.165) is 27.0 Å². The molecule has 0 N–H and O–H groups in total. The van der Waals surface area contributed by atoms with Crippen LogP contribution in [0.25, 0.3) is 11.0 Å². The Balaban J connectivity index is 2.07. The molecule has 0 saturated heterocycles. The summed E-state index contributed by atoms with van der Waals surface area (Å²) in [4.78, 5) is 12.0. The third-order valence-corrected chi connectivity index (χ3v) is 4.95. The highest BCUT2D eigenvalue weighted by molar-refractivity contribution is 9.10. The van der Waals surface area contributed by atoms with Gasteiger partial charge in [0, 0.05) is 22.6 Å². The zero-order valence-electron chi connectivity index (χ0n) is 12.8. The van der Waals surface area contributed by atoms with Crippen molar-refractivity contribution >= 4 is 38.5 Å². The van der Waals surface area contributed by atoms with Crippen LogP contribution in [0.4, 0.5) is 11.5 Å². The molecule has 3 nitrogen and oxygen atoms in total. The summed E-state index contributed by atoms with van der Waals surface area (Å²) in [5.74, 6) is 0.939. The summed E-state index contributed by atoms with van der Waals surface area (Å²) in [5.41, 5.74) is 5.20. The molecule has 1 aromatic heterocycles. The maximum absolute atomic E-state index is 4.93. The largest absolute Gasteiger partial charge is 0.328 e. The van der Waals surface area contributed by atoms with Gasteiger partial charge in [0.2, 0.25) is 0 Å². The molecule has 4 heteroatoms. The number of fused-ring (bicyclic) bond motifs is 3. The zero-order chi connectivity index (χ0) is 15.5. The van der Waals surface area contributed by atoms with Crippen molar-refractivity contribution in [1.29, 1.82) is 0 Å². The number of para-hydroxylation sites is 1. The Labute approximate surface area is 138 Å². The van der Waals surface area contributed by atoms with Crippen LogP contribution in [0.2, 0.25) is 0 Å². The Bertz CT molecular complexity index is 902. The molecular formula is C18H16BrN3. The Morgan fingerprint density at radius 1 is 1.00 bits per heavy atom. The highest BCUT2D eigenvalue weighted by atomic mass is 79.9. The first-order valence-corrected chi connectivity index (χ1v) is 8.09. The molecule has 1 aliphatic rings. The number of aromatic nitrogens is 2. The van der Waals surface area contributed by atoms with E-state index in [4.69, 9.17) is 9.97 Å². The van der Waals surface area contributed by atoms with Crippen LogP contribution in [-0.2, 0) is 5.41 Å². The van der Waals surface area contributed by atoms with Gasteiger partial charge in [-0.05, 0) is 43.7 Å². The predicted molar refractivity (Wildman–Crippen MR) is 93.9 cm³/mol. The second kappa shape index (κ2) is 4.53. The van der Waals surface area contributed by atoms with E-state index >= 15 is 0 Å². The molecular weight excluding hydrogens is 338 g/mol. The van der Waals surface area contributed by atoms with Gasteiger partial charge in [0.1, 0.15) is 0 Å². The van der Waals surface area contributed by atoms with E-state index in [1.165, 1.54) is 11.3 Å². The van der Waals surface area contributed by atoms with Crippen LogP contribution < -0.4 is 4.90 Å². The fraction of sp³-hybridized carbons (Fsp3) is 0.222. The van der Waals surface area contributed by atoms with E-state index in [0.29, 0.717) is 0 Å². The van der Waals surface area contributed by atoms with Gasteiger partial charge in [-0.2, -0.15) is 0 Å². The van der Waals surface area contributed by atoms with Gasteiger partial charge in [-0.3, -0.25) is 0 Å². The van der Waals surface area contributed by atoms with E-state index < -0.39 is 0 Å². The Morgan fingerprint density at radius 3 is 2.59 bits per heavy atom. The molecule has 0 fully saturated rings. The predicted octanol–water partition coefficient (Wildman–Crippen LogP) is 4.80. The van der Waals surface area contributed by atoms with Crippen molar-refractivity contribution in [2.75, 3.05) is 11.9 Å². The molecule has 2 heterocycles. The molecule has 0 saturated carbocycles. The molecule has 0 spiro atoms. The van der Waals surface area contributed by atoms with Crippen molar-refractivity contribution in [2.45, 2.75) is 19.3 Å².